The third-order valence-corrected chi connectivity index (χ3v) is 26.7. The van der Waals surface area contributed by atoms with Gasteiger partial charge in [0.1, 0.15) is 0 Å². The molecule has 0 aliphatic heterocycles. The summed E-state index contributed by atoms with van der Waals surface area (Å²) in [7, 11) is 4.77. The van der Waals surface area contributed by atoms with Gasteiger partial charge in [0.2, 0.25) is 0 Å². The third-order valence-electron chi connectivity index (χ3n) is 5.41. The Labute approximate surface area is 225 Å². The van der Waals surface area contributed by atoms with E-state index >= 15 is 0 Å². The first-order valence-electron chi connectivity index (χ1n) is 9.74. The number of hydrogen-bond acceptors (Lipinski definition) is 12. The highest BCUT2D eigenvalue weighted by Crippen LogP contribution is 2.50. The maximum atomic E-state index is 12.5. The van der Waals surface area contributed by atoms with E-state index in [0.29, 0.717) is 0 Å². The van der Waals surface area contributed by atoms with Crippen LogP contribution < -0.4 is 9.44 Å². The van der Waals surface area contributed by atoms with Gasteiger partial charge in [0.15, 0.2) is 0 Å². The van der Waals surface area contributed by atoms with Gasteiger partial charge >= 0.3 is 17.6 Å². The van der Waals surface area contributed by atoms with Crippen molar-refractivity contribution in [1.82, 2.24) is 9.44 Å². The Bertz CT molecular complexity index is 588. The fourth-order valence-electron chi connectivity index (χ4n) is 2.95. The van der Waals surface area contributed by atoms with Gasteiger partial charge in [-0.1, -0.05) is 0 Å². The van der Waals surface area contributed by atoms with E-state index in [-0.39, 0.29) is 20.2 Å². The maximum absolute atomic E-state index is 12.5. The Balaban J connectivity index is 4.75. The molecule has 0 aromatic heterocycles. The van der Waals surface area contributed by atoms with Crippen molar-refractivity contribution >= 4 is 89.8 Å². The van der Waals surface area contributed by atoms with Crippen LogP contribution in [0.25, 0.3) is 0 Å². The van der Waals surface area contributed by atoms with Crippen molar-refractivity contribution in [1.29, 1.82) is 0 Å². The summed E-state index contributed by atoms with van der Waals surface area (Å²) < 4.78 is 39.6. The molecule has 0 bridgehead atoms. The SMILES string of the molecule is CO[Si](OC)(OC)C(C)S(C)(C)NC(=O)SSSSC(=O)NS(C)(C)C(C)[Si](OC)(OC)OC. The molecule has 10 nitrogen and oxygen atoms in total. The molecule has 0 aliphatic carbocycles. The van der Waals surface area contributed by atoms with E-state index in [4.69, 9.17) is 26.6 Å². The van der Waals surface area contributed by atoms with Crippen molar-refractivity contribution in [2.75, 3.05) is 67.7 Å². The molecule has 2 amide bonds. The van der Waals surface area contributed by atoms with Gasteiger partial charge in [0.05, 0.1) is 9.75 Å². The number of hydrogen-bond donors (Lipinski definition) is 2. The normalized spacial score (nSPS) is 16.0. The first kappa shape index (κ1) is 35.2. The fraction of sp³-hybridized carbons (Fsp3) is 0.875. The molecule has 0 aromatic rings. The summed E-state index contributed by atoms with van der Waals surface area (Å²) in [6.45, 7) is 3.93. The highest BCUT2D eigenvalue weighted by Gasteiger charge is 2.51. The summed E-state index contributed by atoms with van der Waals surface area (Å²) in [5, 5.41) is -0.403. The number of nitrogens with one attached hydrogen (secondary N) is 2. The minimum Gasteiger partial charge on any atom is -0.376 e. The summed E-state index contributed by atoms with van der Waals surface area (Å²) in [6, 6.07) is 0. The summed E-state index contributed by atoms with van der Waals surface area (Å²) in [5.41, 5.74) is 0. The Morgan fingerprint density at radius 2 is 0.853 bits per heavy atom. The maximum Gasteiger partial charge on any atom is 0.513 e. The van der Waals surface area contributed by atoms with Crippen LogP contribution in [0.15, 0.2) is 0 Å². The monoisotopic (exact) mass is 636 g/mol. The molecule has 0 saturated carbocycles. The van der Waals surface area contributed by atoms with Crippen LogP contribution >= 0.6 is 61.7 Å². The lowest BCUT2D eigenvalue weighted by atomic mass is 11.0. The molecular weight excluding hydrogens is 597 g/mol. The van der Waals surface area contributed by atoms with Gasteiger partial charge in [-0.3, -0.25) is 9.59 Å². The topological polar surface area (TPSA) is 114 Å². The zero-order valence-corrected chi connectivity index (χ0v) is 28.8. The van der Waals surface area contributed by atoms with Gasteiger partial charge < -0.3 is 36.0 Å². The average molecular weight is 637 g/mol. The smallest absolute Gasteiger partial charge is 0.376 e. The van der Waals surface area contributed by atoms with Crippen LogP contribution in [0.2, 0.25) is 0 Å². The molecule has 0 rings (SSSR count). The Hall–Kier alpha value is 1.23. The van der Waals surface area contributed by atoms with Crippen molar-refractivity contribution in [3.8, 4) is 0 Å². The van der Waals surface area contributed by atoms with Crippen molar-refractivity contribution in [2.45, 2.75) is 23.6 Å². The van der Waals surface area contributed by atoms with E-state index in [1.165, 1.54) is 19.7 Å². The van der Waals surface area contributed by atoms with Crippen molar-refractivity contribution in [3.05, 3.63) is 0 Å². The van der Waals surface area contributed by atoms with Crippen molar-refractivity contribution in [2.24, 2.45) is 0 Å². The van der Waals surface area contributed by atoms with Crippen LogP contribution in [0.1, 0.15) is 13.8 Å². The second-order valence-corrected chi connectivity index (χ2v) is 28.1. The van der Waals surface area contributed by atoms with Gasteiger partial charge in [-0.2, -0.15) is 20.4 Å². The second-order valence-electron chi connectivity index (χ2n) is 7.61. The highest BCUT2D eigenvalue weighted by molar-refractivity contribution is 9.29. The van der Waals surface area contributed by atoms with Crippen molar-refractivity contribution in [3.63, 3.8) is 0 Å². The molecular formula is C16H40N2O8S6Si2. The number of carbonyl (C=O) groups is 2. The molecule has 18 heteroatoms. The zero-order chi connectivity index (χ0) is 26.8. The van der Waals surface area contributed by atoms with E-state index in [9.17, 15) is 9.59 Å². The van der Waals surface area contributed by atoms with Crippen LogP contribution in [-0.2, 0) is 26.6 Å². The molecule has 0 spiro atoms. The van der Waals surface area contributed by atoms with Crippen LogP contribution in [0.4, 0.5) is 9.59 Å². The quantitative estimate of drug-likeness (QED) is 0.148. The van der Waals surface area contributed by atoms with Crippen LogP contribution in [0.5, 0.6) is 0 Å². The van der Waals surface area contributed by atoms with Crippen LogP contribution in [0, 0.1) is 0 Å². The van der Waals surface area contributed by atoms with E-state index in [0.717, 1.165) is 21.6 Å². The van der Waals surface area contributed by atoms with Gasteiger partial charge in [-0.25, -0.2) is 0 Å². The van der Waals surface area contributed by atoms with E-state index in [2.05, 4.69) is 9.44 Å². The lowest BCUT2D eigenvalue weighted by molar-refractivity contribution is 0.122. The molecule has 2 atom stereocenters. The summed E-state index contributed by atoms with van der Waals surface area (Å²) in [5.74, 6) is 0. The second kappa shape index (κ2) is 15.6. The third kappa shape index (κ3) is 9.52. The number of rotatable bonds is 15. The van der Waals surface area contributed by atoms with Crippen LogP contribution in [-0.4, -0.2) is 106 Å². The minimum atomic E-state index is -2.91. The average Bonchev–Trinajstić information content (AvgIpc) is 2.79. The van der Waals surface area contributed by atoms with E-state index in [1.807, 2.05) is 38.9 Å². The highest BCUT2D eigenvalue weighted by atomic mass is 33.7. The molecule has 34 heavy (non-hydrogen) atoms. The molecule has 2 N–H and O–H groups in total. The Morgan fingerprint density at radius 1 is 0.618 bits per heavy atom. The number of amides is 2. The predicted octanol–water partition coefficient (Wildman–Crippen LogP) is 4.65. The summed E-state index contributed by atoms with van der Waals surface area (Å²) in [4.78, 5) is 24.8. The molecule has 0 fully saturated rings. The molecule has 0 aliphatic rings. The summed E-state index contributed by atoms with van der Waals surface area (Å²) in [6.07, 6.45) is 7.91. The zero-order valence-electron chi connectivity index (χ0n) is 21.9. The lowest BCUT2D eigenvalue weighted by Gasteiger charge is -2.44. The molecule has 0 saturated heterocycles. The predicted molar refractivity (Wildman–Crippen MR) is 159 cm³/mol. The fourth-order valence-corrected chi connectivity index (χ4v) is 21.0. The lowest BCUT2D eigenvalue weighted by Crippen LogP contribution is -2.56. The molecule has 0 radical (unpaired) electrons. The van der Waals surface area contributed by atoms with Crippen LogP contribution in [0.3, 0.4) is 0 Å². The molecule has 0 aromatic carbocycles. The van der Waals surface area contributed by atoms with Crippen molar-refractivity contribution < 1.29 is 36.1 Å². The molecule has 2 unspecified atom stereocenters. The van der Waals surface area contributed by atoms with Gasteiger partial charge in [-0.05, 0) is 58.5 Å². The first-order valence-corrected chi connectivity index (χ1v) is 23.2. The van der Waals surface area contributed by atoms with Gasteiger partial charge in [-0.15, -0.1) is 0 Å². The Kier molecular flexibility index (Phi) is 16.2. The standard InChI is InChI=1S/C16H40N2O8S6Si2/c1-13(33(21-3,22-4)23-5)31(9,10)17-15(19)27-29-30-28-16(20)18-32(11,12)14(2)34(24-6,25-7)26-8/h13-14H,1-12H3,(H,17,19)(H,18,20). The minimum absolute atomic E-state index is 0.114. The molecule has 206 valence electrons. The van der Waals surface area contributed by atoms with Gasteiger partial charge in [0.25, 0.3) is 10.5 Å². The first-order chi connectivity index (χ1) is 15.7. The summed E-state index contributed by atoms with van der Waals surface area (Å²) >= 11 is 0. The van der Waals surface area contributed by atoms with Gasteiger partial charge in [0, 0.05) is 64.2 Å². The largest absolute Gasteiger partial charge is 0.513 e. The van der Waals surface area contributed by atoms with E-state index in [1.54, 1.807) is 42.7 Å². The molecule has 0 heterocycles. The van der Waals surface area contributed by atoms with E-state index < -0.39 is 38.0 Å². The Morgan fingerprint density at radius 3 is 1.06 bits per heavy atom. The number of carbonyl (C=O) groups excluding carboxylic acids is 2.